The maximum Gasteiger partial charge on any atom is 0.344 e. The quantitative estimate of drug-likeness (QED) is 0.686. The molecule has 1 atom stereocenters. The third-order valence-corrected chi connectivity index (χ3v) is 5.68. The van der Waals surface area contributed by atoms with E-state index >= 15 is 0 Å². The Labute approximate surface area is 145 Å². The van der Waals surface area contributed by atoms with Gasteiger partial charge in [0.05, 0.1) is 11.5 Å². The number of sulfone groups is 1. The number of carbonyl (C=O) groups is 2. The van der Waals surface area contributed by atoms with Gasteiger partial charge in [0, 0.05) is 18.1 Å². The van der Waals surface area contributed by atoms with Gasteiger partial charge in [-0.1, -0.05) is 11.6 Å². The second-order valence-electron chi connectivity index (χ2n) is 5.46. The molecule has 0 N–H and O–H groups in total. The lowest BCUT2D eigenvalue weighted by Crippen LogP contribution is -2.40. The minimum Gasteiger partial charge on any atom is -0.482 e. The summed E-state index contributed by atoms with van der Waals surface area (Å²) in [6.07, 6.45) is 0.401. The van der Waals surface area contributed by atoms with Crippen molar-refractivity contribution in [1.29, 1.82) is 0 Å². The normalized spacial score (nSPS) is 18.8. The Kier molecular flexibility index (Phi) is 6.06. The Morgan fingerprint density at radius 3 is 2.50 bits per heavy atom. The summed E-state index contributed by atoms with van der Waals surface area (Å²) >= 11 is 5.73. The van der Waals surface area contributed by atoms with Crippen molar-refractivity contribution in [1.82, 2.24) is 4.90 Å². The molecule has 1 aliphatic heterocycles. The Morgan fingerprint density at radius 1 is 1.25 bits per heavy atom. The van der Waals surface area contributed by atoms with Crippen LogP contribution in [0.5, 0.6) is 5.75 Å². The van der Waals surface area contributed by atoms with E-state index in [1.807, 2.05) is 0 Å². The van der Waals surface area contributed by atoms with Crippen molar-refractivity contribution in [2.75, 3.05) is 31.8 Å². The molecule has 132 valence electrons. The summed E-state index contributed by atoms with van der Waals surface area (Å²) in [7, 11) is -1.57. The van der Waals surface area contributed by atoms with E-state index in [0.717, 1.165) is 0 Å². The Morgan fingerprint density at radius 2 is 1.92 bits per heavy atom. The number of carbonyl (C=O) groups excluding carboxylic acids is 2. The summed E-state index contributed by atoms with van der Waals surface area (Å²) in [5.41, 5.74) is 0. The lowest BCUT2D eigenvalue weighted by atomic mass is 10.2. The summed E-state index contributed by atoms with van der Waals surface area (Å²) < 4.78 is 32.9. The molecule has 1 fully saturated rings. The first-order valence-corrected chi connectivity index (χ1v) is 9.47. The molecule has 9 heteroatoms. The Bertz CT molecular complexity index is 703. The summed E-state index contributed by atoms with van der Waals surface area (Å²) in [4.78, 5) is 24.9. The predicted molar refractivity (Wildman–Crippen MR) is 87.7 cm³/mol. The molecule has 0 unspecified atom stereocenters. The molecule has 0 aliphatic carbocycles. The van der Waals surface area contributed by atoms with Gasteiger partial charge in [-0.05, 0) is 30.7 Å². The van der Waals surface area contributed by atoms with E-state index in [1.165, 1.54) is 11.9 Å². The van der Waals surface area contributed by atoms with Crippen molar-refractivity contribution in [2.24, 2.45) is 0 Å². The van der Waals surface area contributed by atoms with Crippen molar-refractivity contribution in [2.45, 2.75) is 12.5 Å². The molecule has 0 radical (unpaired) electrons. The van der Waals surface area contributed by atoms with E-state index in [4.69, 9.17) is 21.1 Å². The standard InChI is InChI=1S/C15H18ClNO6S/c1-17(12-6-7-24(20,21)10-12)14(18)8-23-15(19)9-22-13-4-2-11(16)3-5-13/h2-5,12H,6-10H2,1H3/t12-/m0/s1. The number of halogens is 1. The van der Waals surface area contributed by atoms with Gasteiger partial charge in [-0.3, -0.25) is 4.79 Å². The molecule has 0 saturated carbocycles. The molecule has 1 aromatic carbocycles. The molecule has 1 amide bonds. The van der Waals surface area contributed by atoms with Crippen LogP contribution in [0, 0.1) is 0 Å². The summed E-state index contributed by atoms with van der Waals surface area (Å²) in [5, 5.41) is 0.549. The minimum absolute atomic E-state index is 0.0527. The topological polar surface area (TPSA) is 90.0 Å². The van der Waals surface area contributed by atoms with Gasteiger partial charge >= 0.3 is 5.97 Å². The number of benzene rings is 1. The molecule has 0 spiro atoms. The van der Waals surface area contributed by atoms with Crippen LogP contribution in [-0.2, 0) is 24.2 Å². The van der Waals surface area contributed by atoms with Gasteiger partial charge in [-0.15, -0.1) is 0 Å². The van der Waals surface area contributed by atoms with Crippen LogP contribution in [0.15, 0.2) is 24.3 Å². The number of hydrogen-bond donors (Lipinski definition) is 0. The van der Waals surface area contributed by atoms with Crippen molar-refractivity contribution in [3.05, 3.63) is 29.3 Å². The van der Waals surface area contributed by atoms with Gasteiger partial charge < -0.3 is 14.4 Å². The SMILES string of the molecule is CN(C(=O)COC(=O)COc1ccc(Cl)cc1)[C@H]1CCS(=O)(=O)C1. The first-order valence-electron chi connectivity index (χ1n) is 7.27. The molecule has 2 rings (SSSR count). The van der Waals surface area contributed by atoms with Gasteiger partial charge in [0.2, 0.25) is 0 Å². The number of hydrogen-bond acceptors (Lipinski definition) is 6. The number of amides is 1. The van der Waals surface area contributed by atoms with Crippen LogP contribution < -0.4 is 4.74 Å². The molecule has 1 heterocycles. The van der Waals surface area contributed by atoms with E-state index in [0.29, 0.717) is 17.2 Å². The highest BCUT2D eigenvalue weighted by atomic mass is 35.5. The van der Waals surface area contributed by atoms with E-state index in [9.17, 15) is 18.0 Å². The Hall–Kier alpha value is -1.80. The molecule has 0 bridgehead atoms. The van der Waals surface area contributed by atoms with E-state index < -0.39 is 28.3 Å². The smallest absolute Gasteiger partial charge is 0.344 e. The highest BCUT2D eigenvalue weighted by molar-refractivity contribution is 7.91. The third-order valence-electron chi connectivity index (χ3n) is 3.68. The summed E-state index contributed by atoms with van der Waals surface area (Å²) in [6.45, 7) is -0.785. The molecule has 24 heavy (non-hydrogen) atoms. The highest BCUT2D eigenvalue weighted by Crippen LogP contribution is 2.17. The van der Waals surface area contributed by atoms with Crippen molar-refractivity contribution in [3.8, 4) is 5.75 Å². The monoisotopic (exact) mass is 375 g/mol. The van der Waals surface area contributed by atoms with E-state index in [2.05, 4.69) is 0 Å². The zero-order valence-corrected chi connectivity index (χ0v) is 14.7. The van der Waals surface area contributed by atoms with Gasteiger partial charge in [0.15, 0.2) is 23.1 Å². The largest absolute Gasteiger partial charge is 0.482 e. The van der Waals surface area contributed by atoms with Crippen LogP contribution in [0.1, 0.15) is 6.42 Å². The van der Waals surface area contributed by atoms with Crippen LogP contribution in [0.25, 0.3) is 0 Å². The molecule has 1 saturated heterocycles. The average Bonchev–Trinajstić information content (AvgIpc) is 2.91. The first kappa shape index (κ1) is 18.5. The van der Waals surface area contributed by atoms with Crippen LogP contribution in [0.3, 0.4) is 0 Å². The predicted octanol–water partition coefficient (Wildman–Crippen LogP) is 0.907. The fourth-order valence-corrected chi connectivity index (χ4v) is 4.14. The lowest BCUT2D eigenvalue weighted by Gasteiger charge is -2.23. The van der Waals surface area contributed by atoms with E-state index in [1.54, 1.807) is 24.3 Å². The molecule has 0 aromatic heterocycles. The summed E-state index contributed by atoms with van der Waals surface area (Å²) in [5.74, 6) is -0.661. The van der Waals surface area contributed by atoms with Crippen LogP contribution in [-0.4, -0.2) is 63.0 Å². The molecule has 1 aromatic rings. The van der Waals surface area contributed by atoms with Crippen LogP contribution >= 0.6 is 11.6 Å². The number of ether oxygens (including phenoxy) is 2. The fraction of sp³-hybridized carbons (Fsp3) is 0.467. The van der Waals surface area contributed by atoms with Crippen molar-refractivity contribution >= 4 is 33.3 Å². The molecule has 1 aliphatic rings. The lowest BCUT2D eigenvalue weighted by molar-refractivity contribution is -0.153. The second kappa shape index (κ2) is 7.85. The second-order valence-corrected chi connectivity index (χ2v) is 8.13. The van der Waals surface area contributed by atoms with Crippen molar-refractivity contribution < 1.29 is 27.5 Å². The highest BCUT2D eigenvalue weighted by Gasteiger charge is 2.32. The number of likely N-dealkylation sites (N-methyl/N-ethyl adjacent to an activating group) is 1. The van der Waals surface area contributed by atoms with Crippen LogP contribution in [0.4, 0.5) is 0 Å². The number of nitrogens with zero attached hydrogens (tertiary/aromatic N) is 1. The van der Waals surface area contributed by atoms with Gasteiger partial charge in [-0.2, -0.15) is 0 Å². The fourth-order valence-electron chi connectivity index (χ4n) is 2.24. The summed E-state index contributed by atoms with van der Waals surface area (Å²) in [6, 6.07) is 6.09. The third kappa shape index (κ3) is 5.38. The number of esters is 1. The maximum absolute atomic E-state index is 12.0. The van der Waals surface area contributed by atoms with Crippen molar-refractivity contribution in [3.63, 3.8) is 0 Å². The zero-order valence-electron chi connectivity index (χ0n) is 13.1. The van der Waals surface area contributed by atoms with Gasteiger partial charge in [0.25, 0.3) is 5.91 Å². The minimum atomic E-state index is -3.08. The molecule has 7 nitrogen and oxygen atoms in total. The maximum atomic E-state index is 12.0. The molecular formula is C15H18ClNO6S. The van der Waals surface area contributed by atoms with E-state index in [-0.39, 0.29) is 24.2 Å². The van der Waals surface area contributed by atoms with Gasteiger partial charge in [0.1, 0.15) is 5.75 Å². The van der Waals surface area contributed by atoms with Crippen LogP contribution in [0.2, 0.25) is 5.02 Å². The first-order chi connectivity index (χ1) is 11.3. The Balaban J connectivity index is 1.72. The zero-order chi connectivity index (χ0) is 17.7. The molecular weight excluding hydrogens is 358 g/mol. The average molecular weight is 376 g/mol. The van der Waals surface area contributed by atoms with Gasteiger partial charge in [-0.25, -0.2) is 13.2 Å². The number of rotatable bonds is 6.